The summed E-state index contributed by atoms with van der Waals surface area (Å²) in [5.74, 6) is 0.256. The first-order valence-electron chi connectivity index (χ1n) is 5.30. The van der Waals surface area contributed by atoms with Crippen LogP contribution in [0.2, 0.25) is 0 Å². The zero-order valence-corrected chi connectivity index (χ0v) is 12.6. The number of esters is 1. The Hall–Kier alpha value is 0.130. The highest BCUT2D eigenvalue weighted by Gasteiger charge is 2.22. The molecule has 0 rings (SSSR count). The van der Waals surface area contributed by atoms with Gasteiger partial charge in [-0.2, -0.15) is 0 Å². The summed E-state index contributed by atoms with van der Waals surface area (Å²) in [4.78, 5) is 11.5. The van der Waals surface area contributed by atoms with Gasteiger partial charge in [0.05, 0.1) is 0 Å². The Morgan fingerprint density at radius 1 is 1.25 bits per heavy atom. The van der Waals surface area contributed by atoms with E-state index in [0.717, 1.165) is 0 Å². The first-order chi connectivity index (χ1) is 7.01. The molecular formula is C11H23NO2S2. The highest BCUT2D eigenvalue weighted by Crippen LogP contribution is 2.35. The third-order valence-electron chi connectivity index (χ3n) is 1.27. The van der Waals surface area contributed by atoms with E-state index in [9.17, 15) is 4.79 Å². The number of carbonyl (C=O) groups is 1. The molecule has 0 aliphatic heterocycles. The maximum atomic E-state index is 11.5. The number of carbonyl (C=O) groups excluding carboxylic acids is 1. The molecule has 0 unspecified atom stereocenters. The Labute approximate surface area is 107 Å². The van der Waals surface area contributed by atoms with E-state index in [2.05, 4.69) is 20.8 Å². The molecule has 0 spiro atoms. The third kappa shape index (κ3) is 9.36. The summed E-state index contributed by atoms with van der Waals surface area (Å²) in [6.07, 6.45) is 0. The van der Waals surface area contributed by atoms with E-state index in [1.807, 2.05) is 20.8 Å². The van der Waals surface area contributed by atoms with Crippen molar-refractivity contribution in [3.05, 3.63) is 0 Å². The summed E-state index contributed by atoms with van der Waals surface area (Å²) >= 11 is 0. The molecule has 0 fully saturated rings. The molecule has 0 aliphatic carbocycles. The SMILES string of the molecule is CC(C)(C)OC(=O)[C@@H](N)CSSC(C)(C)C. The highest BCUT2D eigenvalue weighted by atomic mass is 33.1. The van der Waals surface area contributed by atoms with Crippen LogP contribution >= 0.6 is 21.6 Å². The van der Waals surface area contributed by atoms with Gasteiger partial charge >= 0.3 is 5.97 Å². The van der Waals surface area contributed by atoms with Gasteiger partial charge in [0.25, 0.3) is 0 Å². The maximum Gasteiger partial charge on any atom is 0.324 e. The molecule has 96 valence electrons. The van der Waals surface area contributed by atoms with Crippen molar-refractivity contribution < 1.29 is 9.53 Å². The van der Waals surface area contributed by atoms with Gasteiger partial charge < -0.3 is 10.5 Å². The van der Waals surface area contributed by atoms with E-state index in [1.165, 1.54) is 0 Å². The molecule has 1 atom stereocenters. The molecule has 0 amide bonds. The van der Waals surface area contributed by atoms with Gasteiger partial charge in [0.1, 0.15) is 11.6 Å². The third-order valence-corrected chi connectivity index (χ3v) is 4.64. The van der Waals surface area contributed by atoms with Crippen molar-refractivity contribution in [2.45, 2.75) is 57.9 Å². The molecule has 0 aromatic carbocycles. The largest absolute Gasteiger partial charge is 0.459 e. The minimum atomic E-state index is -0.543. The van der Waals surface area contributed by atoms with Crippen molar-refractivity contribution in [3.8, 4) is 0 Å². The van der Waals surface area contributed by atoms with Crippen LogP contribution in [0.1, 0.15) is 41.5 Å². The number of ether oxygens (including phenoxy) is 1. The quantitative estimate of drug-likeness (QED) is 0.626. The molecule has 16 heavy (non-hydrogen) atoms. The summed E-state index contributed by atoms with van der Waals surface area (Å²) in [5.41, 5.74) is 5.28. The molecule has 0 bridgehead atoms. The van der Waals surface area contributed by atoms with Gasteiger partial charge in [0.15, 0.2) is 0 Å². The van der Waals surface area contributed by atoms with E-state index in [1.54, 1.807) is 21.6 Å². The number of nitrogens with two attached hydrogens (primary N) is 1. The minimum absolute atomic E-state index is 0.179. The Kier molecular flexibility index (Phi) is 6.22. The summed E-state index contributed by atoms with van der Waals surface area (Å²) in [6.45, 7) is 11.9. The Morgan fingerprint density at radius 2 is 1.75 bits per heavy atom. The summed E-state index contributed by atoms with van der Waals surface area (Å²) < 4.78 is 5.37. The Balaban J connectivity index is 3.89. The lowest BCUT2D eigenvalue weighted by molar-refractivity contribution is -0.155. The lowest BCUT2D eigenvalue weighted by Gasteiger charge is -2.22. The number of rotatable bonds is 4. The standard InChI is InChI=1S/C11H23NO2S2/c1-10(2,3)14-9(13)8(12)7-15-16-11(4,5)6/h8H,7,12H2,1-6H3/t8-/m0/s1. The molecule has 5 heteroatoms. The molecule has 0 saturated carbocycles. The zero-order chi connectivity index (χ0) is 13.0. The predicted molar refractivity (Wildman–Crippen MR) is 73.6 cm³/mol. The second kappa shape index (κ2) is 6.17. The topological polar surface area (TPSA) is 52.3 Å². The average molecular weight is 265 g/mol. The van der Waals surface area contributed by atoms with E-state index >= 15 is 0 Å². The van der Waals surface area contributed by atoms with E-state index in [0.29, 0.717) is 5.75 Å². The molecule has 0 radical (unpaired) electrons. The number of hydrogen-bond acceptors (Lipinski definition) is 5. The first kappa shape index (κ1) is 16.1. The lowest BCUT2D eigenvalue weighted by atomic mass is 10.2. The number of hydrogen-bond donors (Lipinski definition) is 1. The molecule has 3 nitrogen and oxygen atoms in total. The molecule has 2 N–H and O–H groups in total. The van der Waals surface area contributed by atoms with Crippen LogP contribution in [0.3, 0.4) is 0 Å². The second-order valence-electron chi connectivity index (χ2n) is 5.62. The molecule has 0 aliphatic rings. The van der Waals surface area contributed by atoms with Gasteiger partial charge in [0.2, 0.25) is 0 Å². The van der Waals surface area contributed by atoms with Crippen LogP contribution in [-0.2, 0) is 9.53 Å². The fourth-order valence-corrected chi connectivity index (χ4v) is 3.14. The zero-order valence-electron chi connectivity index (χ0n) is 11.0. The molecule has 0 aromatic heterocycles. The summed E-state index contributed by atoms with van der Waals surface area (Å²) in [5, 5.41) is 0. The molecule has 0 heterocycles. The van der Waals surface area contributed by atoms with Crippen molar-refractivity contribution in [3.63, 3.8) is 0 Å². The fraction of sp³-hybridized carbons (Fsp3) is 0.909. The van der Waals surface area contributed by atoms with Crippen LogP contribution in [0.5, 0.6) is 0 Å². The van der Waals surface area contributed by atoms with Gasteiger partial charge in [0, 0.05) is 10.5 Å². The van der Waals surface area contributed by atoms with Gasteiger partial charge in [-0.15, -0.1) is 0 Å². The second-order valence-corrected chi connectivity index (χ2v) is 8.79. The van der Waals surface area contributed by atoms with Crippen molar-refractivity contribution in [2.75, 3.05) is 5.75 Å². The van der Waals surface area contributed by atoms with Crippen molar-refractivity contribution in [1.29, 1.82) is 0 Å². The smallest absolute Gasteiger partial charge is 0.324 e. The summed E-state index contributed by atoms with van der Waals surface area (Å²) in [7, 11) is 3.34. The van der Waals surface area contributed by atoms with Gasteiger partial charge in [-0.1, -0.05) is 42.4 Å². The molecular weight excluding hydrogens is 242 g/mol. The van der Waals surface area contributed by atoms with E-state index in [-0.39, 0.29) is 10.7 Å². The van der Waals surface area contributed by atoms with Gasteiger partial charge in [-0.3, -0.25) is 4.79 Å². The van der Waals surface area contributed by atoms with Crippen LogP contribution in [0.15, 0.2) is 0 Å². The van der Waals surface area contributed by atoms with E-state index in [4.69, 9.17) is 10.5 Å². The van der Waals surface area contributed by atoms with Crippen LogP contribution in [0.4, 0.5) is 0 Å². The summed E-state index contributed by atoms with van der Waals surface area (Å²) in [6, 6.07) is -0.543. The van der Waals surface area contributed by atoms with Crippen LogP contribution in [0.25, 0.3) is 0 Å². The van der Waals surface area contributed by atoms with Crippen molar-refractivity contribution in [1.82, 2.24) is 0 Å². The fourth-order valence-electron chi connectivity index (χ4n) is 0.730. The van der Waals surface area contributed by atoms with Gasteiger partial charge in [-0.05, 0) is 20.8 Å². The van der Waals surface area contributed by atoms with Crippen LogP contribution < -0.4 is 5.73 Å². The van der Waals surface area contributed by atoms with Crippen LogP contribution in [0, 0.1) is 0 Å². The Bertz CT molecular complexity index is 231. The normalized spacial score (nSPS) is 14.7. The average Bonchev–Trinajstić information content (AvgIpc) is 1.98. The van der Waals surface area contributed by atoms with Crippen molar-refractivity contribution in [2.24, 2.45) is 5.73 Å². The van der Waals surface area contributed by atoms with Crippen LogP contribution in [-0.4, -0.2) is 28.1 Å². The molecule has 0 aromatic rings. The first-order valence-corrected chi connectivity index (χ1v) is 7.62. The predicted octanol–water partition coefficient (Wildman–Crippen LogP) is 2.84. The minimum Gasteiger partial charge on any atom is -0.459 e. The highest BCUT2D eigenvalue weighted by molar-refractivity contribution is 8.77. The monoisotopic (exact) mass is 265 g/mol. The van der Waals surface area contributed by atoms with Gasteiger partial charge in [-0.25, -0.2) is 0 Å². The Morgan fingerprint density at radius 3 is 2.12 bits per heavy atom. The lowest BCUT2D eigenvalue weighted by Crippen LogP contribution is -2.39. The maximum absolute atomic E-state index is 11.5. The van der Waals surface area contributed by atoms with E-state index < -0.39 is 11.6 Å². The van der Waals surface area contributed by atoms with Crippen molar-refractivity contribution >= 4 is 27.6 Å². The molecule has 0 saturated heterocycles.